The minimum Gasteiger partial charge on any atom is -0.123 e. The third kappa shape index (κ3) is 2.17. The molecule has 0 N–H and O–H groups in total. The van der Waals surface area contributed by atoms with Crippen molar-refractivity contribution in [3.05, 3.63) is 6.92 Å². The summed E-state index contributed by atoms with van der Waals surface area (Å²) in [5, 5.41) is 0.158. The normalized spacial score (nSPS) is 26.0. The van der Waals surface area contributed by atoms with Crippen molar-refractivity contribution in [2.24, 2.45) is 5.92 Å². The van der Waals surface area contributed by atoms with Gasteiger partial charge in [0.2, 0.25) is 0 Å². The molecule has 0 aliphatic heterocycles. The number of alkyl halides is 1. The minimum absolute atomic E-state index is 0.158. The van der Waals surface area contributed by atoms with E-state index < -0.39 is 0 Å². The maximum absolute atomic E-state index is 5.85. The molecule has 0 aromatic heterocycles. The van der Waals surface area contributed by atoms with Gasteiger partial charge in [0.05, 0.1) is 0 Å². The lowest BCUT2D eigenvalue weighted by atomic mass is 9.87. The molecule has 53 valence electrons. The van der Waals surface area contributed by atoms with Gasteiger partial charge >= 0.3 is 0 Å². The van der Waals surface area contributed by atoms with Crippen LogP contribution in [0.25, 0.3) is 0 Å². The first-order valence-corrected chi connectivity index (χ1v) is 4.21. The minimum atomic E-state index is 0.158. The summed E-state index contributed by atoms with van der Waals surface area (Å²) in [4.78, 5) is 0. The molecule has 0 saturated heterocycles. The Balaban J connectivity index is 2.23. The second kappa shape index (κ2) is 3.46. The van der Waals surface area contributed by atoms with Crippen molar-refractivity contribution in [1.29, 1.82) is 0 Å². The van der Waals surface area contributed by atoms with Crippen molar-refractivity contribution in [2.45, 2.75) is 37.5 Å². The first-order valence-electron chi connectivity index (χ1n) is 3.78. The van der Waals surface area contributed by atoms with E-state index >= 15 is 0 Å². The van der Waals surface area contributed by atoms with Gasteiger partial charge < -0.3 is 0 Å². The highest BCUT2D eigenvalue weighted by Gasteiger charge is 2.17. The van der Waals surface area contributed by atoms with E-state index in [0.717, 1.165) is 0 Å². The van der Waals surface area contributed by atoms with Crippen LogP contribution in [0.2, 0.25) is 0 Å². The van der Waals surface area contributed by atoms with Crippen LogP contribution in [0.15, 0.2) is 0 Å². The monoisotopic (exact) mass is 145 g/mol. The van der Waals surface area contributed by atoms with E-state index in [1.165, 1.54) is 32.1 Å². The fraction of sp³-hybridized carbons (Fsp3) is 0.875. The number of hydrogen-bond donors (Lipinski definition) is 0. The van der Waals surface area contributed by atoms with E-state index in [4.69, 9.17) is 11.6 Å². The molecule has 1 aliphatic rings. The van der Waals surface area contributed by atoms with Crippen LogP contribution in [0.5, 0.6) is 0 Å². The fourth-order valence-corrected chi connectivity index (χ4v) is 1.75. The Kier molecular flexibility index (Phi) is 2.84. The van der Waals surface area contributed by atoms with Gasteiger partial charge in [0.15, 0.2) is 0 Å². The predicted octanol–water partition coefficient (Wildman–Crippen LogP) is 3.01. The highest BCUT2D eigenvalue weighted by molar-refractivity contribution is 6.21. The van der Waals surface area contributed by atoms with Gasteiger partial charge in [-0.05, 0) is 25.7 Å². The van der Waals surface area contributed by atoms with Gasteiger partial charge in [0, 0.05) is 5.38 Å². The molecule has 1 atom stereocenters. The number of halogens is 1. The van der Waals surface area contributed by atoms with E-state index in [0.29, 0.717) is 5.92 Å². The molecule has 1 fully saturated rings. The molecule has 1 radical (unpaired) electrons. The first-order chi connectivity index (χ1) is 4.30. The maximum atomic E-state index is 5.85. The van der Waals surface area contributed by atoms with Crippen LogP contribution in [0, 0.1) is 12.8 Å². The van der Waals surface area contributed by atoms with Gasteiger partial charge in [-0.1, -0.05) is 19.3 Å². The molecular weight excluding hydrogens is 132 g/mol. The molecular formula is C8H14Cl. The van der Waals surface area contributed by atoms with Gasteiger partial charge in [-0.25, -0.2) is 0 Å². The predicted molar refractivity (Wildman–Crippen MR) is 41.6 cm³/mol. The Morgan fingerprint density at radius 2 is 1.78 bits per heavy atom. The standard InChI is InChI=1S/C8H14Cl/c1-7(9)8-5-3-2-4-6-8/h7-8H,1-6H2. The van der Waals surface area contributed by atoms with Crippen molar-refractivity contribution in [3.63, 3.8) is 0 Å². The zero-order valence-electron chi connectivity index (χ0n) is 5.78. The molecule has 1 aliphatic carbocycles. The van der Waals surface area contributed by atoms with Crippen LogP contribution in [0.1, 0.15) is 32.1 Å². The smallest absolute Gasteiger partial charge is 0.0364 e. The van der Waals surface area contributed by atoms with Gasteiger partial charge in [-0.2, -0.15) is 0 Å². The molecule has 0 nitrogen and oxygen atoms in total. The Labute approximate surface area is 62.6 Å². The zero-order valence-corrected chi connectivity index (χ0v) is 6.53. The third-order valence-corrected chi connectivity index (χ3v) is 2.52. The van der Waals surface area contributed by atoms with E-state index in [-0.39, 0.29) is 5.38 Å². The summed E-state index contributed by atoms with van der Waals surface area (Å²) in [6, 6.07) is 0. The lowest BCUT2D eigenvalue weighted by Crippen LogP contribution is -2.14. The quantitative estimate of drug-likeness (QED) is 0.498. The second-order valence-electron chi connectivity index (χ2n) is 2.91. The van der Waals surface area contributed by atoms with E-state index in [2.05, 4.69) is 6.92 Å². The zero-order chi connectivity index (χ0) is 6.69. The molecule has 1 unspecified atom stereocenters. The van der Waals surface area contributed by atoms with Crippen molar-refractivity contribution in [2.75, 3.05) is 0 Å². The average molecular weight is 146 g/mol. The highest BCUT2D eigenvalue weighted by Crippen LogP contribution is 2.28. The van der Waals surface area contributed by atoms with E-state index in [1.807, 2.05) is 0 Å². The average Bonchev–Trinajstić information content (AvgIpc) is 1.90. The molecule has 0 aromatic carbocycles. The second-order valence-corrected chi connectivity index (χ2v) is 3.47. The summed E-state index contributed by atoms with van der Waals surface area (Å²) in [6.07, 6.45) is 6.74. The topological polar surface area (TPSA) is 0 Å². The van der Waals surface area contributed by atoms with E-state index in [1.54, 1.807) is 0 Å². The summed E-state index contributed by atoms with van der Waals surface area (Å²) in [5.41, 5.74) is 0. The third-order valence-electron chi connectivity index (χ3n) is 2.16. The molecule has 0 spiro atoms. The molecule has 0 amide bonds. The van der Waals surface area contributed by atoms with Crippen LogP contribution in [0.4, 0.5) is 0 Å². The van der Waals surface area contributed by atoms with Gasteiger partial charge in [0.1, 0.15) is 0 Å². The maximum Gasteiger partial charge on any atom is 0.0364 e. The molecule has 1 rings (SSSR count). The van der Waals surface area contributed by atoms with Gasteiger partial charge in [-0.15, -0.1) is 11.6 Å². The fourth-order valence-electron chi connectivity index (χ4n) is 1.50. The summed E-state index contributed by atoms with van der Waals surface area (Å²) in [7, 11) is 0. The molecule has 0 bridgehead atoms. The molecule has 9 heavy (non-hydrogen) atoms. The lowest BCUT2D eigenvalue weighted by molar-refractivity contribution is 0.364. The van der Waals surface area contributed by atoms with Crippen molar-refractivity contribution >= 4 is 11.6 Å². The Morgan fingerprint density at radius 1 is 1.22 bits per heavy atom. The largest absolute Gasteiger partial charge is 0.123 e. The summed E-state index contributed by atoms with van der Waals surface area (Å²) >= 11 is 5.85. The van der Waals surface area contributed by atoms with Crippen LogP contribution in [-0.2, 0) is 0 Å². The summed E-state index contributed by atoms with van der Waals surface area (Å²) in [6.45, 7) is 3.83. The molecule has 0 aromatic rings. The lowest BCUT2D eigenvalue weighted by Gasteiger charge is -2.23. The van der Waals surface area contributed by atoms with Crippen molar-refractivity contribution in [3.8, 4) is 0 Å². The SMILES string of the molecule is [CH2]C(Cl)C1CCCCC1. The summed E-state index contributed by atoms with van der Waals surface area (Å²) < 4.78 is 0. The van der Waals surface area contributed by atoms with Crippen LogP contribution in [0.3, 0.4) is 0 Å². The first kappa shape index (κ1) is 7.40. The van der Waals surface area contributed by atoms with Crippen LogP contribution >= 0.6 is 11.6 Å². The molecule has 1 saturated carbocycles. The highest BCUT2D eigenvalue weighted by atomic mass is 35.5. The molecule has 0 heterocycles. The number of hydrogen-bond acceptors (Lipinski definition) is 0. The number of rotatable bonds is 1. The van der Waals surface area contributed by atoms with Crippen LogP contribution < -0.4 is 0 Å². The van der Waals surface area contributed by atoms with Crippen molar-refractivity contribution in [1.82, 2.24) is 0 Å². The Morgan fingerprint density at radius 3 is 2.11 bits per heavy atom. The van der Waals surface area contributed by atoms with Gasteiger partial charge in [-0.3, -0.25) is 0 Å². The Bertz CT molecular complexity index is 72.6. The van der Waals surface area contributed by atoms with Crippen LogP contribution in [-0.4, -0.2) is 5.38 Å². The Hall–Kier alpha value is 0.290. The van der Waals surface area contributed by atoms with Crippen molar-refractivity contribution < 1.29 is 0 Å². The van der Waals surface area contributed by atoms with Gasteiger partial charge in [0.25, 0.3) is 0 Å². The van der Waals surface area contributed by atoms with E-state index in [9.17, 15) is 0 Å². The summed E-state index contributed by atoms with van der Waals surface area (Å²) in [5.74, 6) is 0.709. The molecule has 1 heteroatoms.